The third kappa shape index (κ3) is 4.15. The Hall–Kier alpha value is -3.13. The van der Waals surface area contributed by atoms with E-state index in [1.54, 1.807) is 19.1 Å². The van der Waals surface area contributed by atoms with Gasteiger partial charge in [0.05, 0.1) is 23.6 Å². The van der Waals surface area contributed by atoms with Crippen LogP contribution in [0.15, 0.2) is 36.4 Å². The van der Waals surface area contributed by atoms with E-state index in [2.05, 4.69) is 4.74 Å². The summed E-state index contributed by atoms with van der Waals surface area (Å²) in [5, 5.41) is 10.9. The summed E-state index contributed by atoms with van der Waals surface area (Å²) in [6.07, 6.45) is 2.56. The van der Waals surface area contributed by atoms with Crippen molar-refractivity contribution in [2.75, 3.05) is 7.11 Å². The molecule has 1 atom stereocenters. The number of fused-ring (bicyclic) bond motifs is 1. The van der Waals surface area contributed by atoms with E-state index in [0.29, 0.717) is 27.9 Å². The minimum atomic E-state index is -2.97. The molecule has 0 bridgehead atoms. The van der Waals surface area contributed by atoms with E-state index in [9.17, 15) is 23.5 Å². The molecule has 0 aliphatic heterocycles. The maximum absolute atomic E-state index is 13.5. The number of carboxylic acids is 1. The summed E-state index contributed by atoms with van der Waals surface area (Å²) in [5.74, 6) is -1.88. The lowest BCUT2D eigenvalue weighted by atomic mass is 9.72. The van der Waals surface area contributed by atoms with Gasteiger partial charge in [0.1, 0.15) is 11.5 Å². The maximum Gasteiger partial charge on any atom is 0.387 e. The predicted molar refractivity (Wildman–Crippen MR) is 119 cm³/mol. The number of rotatable bonds is 7. The molecule has 2 aromatic carbocycles. The first kappa shape index (κ1) is 23.0. The lowest BCUT2D eigenvalue weighted by Crippen LogP contribution is -2.27. The second-order valence-corrected chi connectivity index (χ2v) is 8.46. The zero-order valence-corrected chi connectivity index (χ0v) is 18.7. The van der Waals surface area contributed by atoms with Crippen LogP contribution >= 0.6 is 11.6 Å². The number of hydrogen-bond donors (Lipinski definition) is 1. The fraction of sp³-hybridized carbons (Fsp3) is 0.333. The van der Waals surface area contributed by atoms with Gasteiger partial charge in [0.25, 0.3) is 5.91 Å². The zero-order valence-electron chi connectivity index (χ0n) is 18.0. The number of aliphatic carboxylic acids is 1. The Bertz CT molecular complexity index is 1220. The average molecular weight is 478 g/mol. The number of halogens is 3. The summed E-state index contributed by atoms with van der Waals surface area (Å²) in [6.45, 7) is -1.27. The standard InChI is InChI=1S/C24H22ClF2NO5/c1-12-20(21(23(30)31)13-4-3-5-13)16-10-19(32-2)17(25)11-18(16)28(12)22(29)14-6-8-15(9-7-14)33-24(26)27/h6-11,13,21,24H,3-5H2,1-2H3,(H,30,31). The highest BCUT2D eigenvalue weighted by molar-refractivity contribution is 6.33. The first-order valence-electron chi connectivity index (χ1n) is 10.4. The Kier molecular flexibility index (Phi) is 6.30. The van der Waals surface area contributed by atoms with Crippen molar-refractivity contribution in [2.24, 2.45) is 5.92 Å². The van der Waals surface area contributed by atoms with Crippen molar-refractivity contribution < 1.29 is 33.0 Å². The van der Waals surface area contributed by atoms with Crippen molar-refractivity contribution >= 4 is 34.4 Å². The van der Waals surface area contributed by atoms with Gasteiger partial charge in [-0.25, -0.2) is 0 Å². The molecule has 4 rings (SSSR count). The molecule has 1 saturated carbocycles. The topological polar surface area (TPSA) is 77.8 Å². The summed E-state index contributed by atoms with van der Waals surface area (Å²) in [4.78, 5) is 25.8. The van der Waals surface area contributed by atoms with Gasteiger partial charge in [-0.1, -0.05) is 18.0 Å². The number of alkyl halides is 2. The zero-order chi connectivity index (χ0) is 23.9. The molecule has 0 radical (unpaired) electrons. The first-order valence-corrected chi connectivity index (χ1v) is 10.8. The lowest BCUT2D eigenvalue weighted by Gasteiger charge is -2.31. The summed E-state index contributed by atoms with van der Waals surface area (Å²) in [5.41, 5.74) is 1.73. The number of carbonyl (C=O) groups excluding carboxylic acids is 1. The molecule has 1 N–H and O–H groups in total. The normalized spacial score (nSPS) is 14.8. The van der Waals surface area contributed by atoms with Gasteiger partial charge in [0.2, 0.25) is 0 Å². The van der Waals surface area contributed by atoms with Crippen molar-refractivity contribution in [2.45, 2.75) is 38.7 Å². The molecule has 1 aromatic heterocycles. The Balaban J connectivity index is 1.89. The molecule has 1 fully saturated rings. The molecule has 1 unspecified atom stereocenters. The van der Waals surface area contributed by atoms with Gasteiger partial charge in [0.15, 0.2) is 0 Å². The fourth-order valence-electron chi connectivity index (χ4n) is 4.49. The number of nitrogens with zero attached hydrogens (tertiary/aromatic N) is 1. The molecule has 33 heavy (non-hydrogen) atoms. The van der Waals surface area contributed by atoms with Crippen molar-refractivity contribution in [1.29, 1.82) is 0 Å². The monoisotopic (exact) mass is 477 g/mol. The fourth-order valence-corrected chi connectivity index (χ4v) is 4.73. The number of aromatic nitrogens is 1. The van der Waals surface area contributed by atoms with E-state index in [1.807, 2.05) is 0 Å². The van der Waals surface area contributed by atoms with Crippen LogP contribution in [-0.2, 0) is 4.79 Å². The first-order chi connectivity index (χ1) is 15.7. The van der Waals surface area contributed by atoms with Gasteiger partial charge in [-0.3, -0.25) is 14.2 Å². The molecule has 9 heteroatoms. The van der Waals surface area contributed by atoms with E-state index in [-0.39, 0.29) is 22.3 Å². The van der Waals surface area contributed by atoms with E-state index >= 15 is 0 Å². The molecule has 174 valence electrons. The van der Waals surface area contributed by atoms with E-state index < -0.39 is 24.4 Å². The lowest BCUT2D eigenvalue weighted by molar-refractivity contribution is -0.141. The third-order valence-corrected chi connectivity index (χ3v) is 6.55. The highest BCUT2D eigenvalue weighted by Gasteiger charge is 2.38. The SMILES string of the molecule is COc1cc2c(C(C(=O)O)C3CCC3)c(C)n(C(=O)c3ccc(OC(F)F)cc3)c2cc1Cl. The Labute approximate surface area is 193 Å². The number of benzene rings is 2. The molecular weight excluding hydrogens is 456 g/mol. The number of hydrogen-bond acceptors (Lipinski definition) is 4. The third-order valence-electron chi connectivity index (χ3n) is 6.25. The molecule has 1 aliphatic rings. The van der Waals surface area contributed by atoms with Gasteiger partial charge < -0.3 is 14.6 Å². The van der Waals surface area contributed by atoms with E-state index in [0.717, 1.165) is 19.3 Å². The quantitative estimate of drug-likeness (QED) is 0.460. The van der Waals surface area contributed by atoms with Crippen LogP contribution in [0.2, 0.25) is 5.02 Å². The van der Waals surface area contributed by atoms with Crippen LogP contribution < -0.4 is 9.47 Å². The van der Waals surface area contributed by atoms with Gasteiger partial charge in [-0.15, -0.1) is 0 Å². The number of carboxylic acid groups (broad SMARTS) is 1. The van der Waals surface area contributed by atoms with Gasteiger partial charge in [-0.05, 0) is 67.6 Å². The van der Waals surface area contributed by atoms with Crippen molar-refractivity contribution in [3.63, 3.8) is 0 Å². The minimum absolute atomic E-state index is 0.0252. The van der Waals surface area contributed by atoms with Crippen LogP contribution in [0, 0.1) is 12.8 Å². The molecule has 3 aromatic rings. The minimum Gasteiger partial charge on any atom is -0.495 e. The van der Waals surface area contributed by atoms with Crippen molar-refractivity contribution in [3.05, 3.63) is 58.2 Å². The highest BCUT2D eigenvalue weighted by Crippen LogP contribution is 2.45. The van der Waals surface area contributed by atoms with E-state index in [4.69, 9.17) is 16.3 Å². The predicted octanol–water partition coefficient (Wildman–Crippen LogP) is 5.87. The van der Waals surface area contributed by atoms with Gasteiger partial charge in [-0.2, -0.15) is 8.78 Å². The summed E-state index contributed by atoms with van der Waals surface area (Å²) < 4.78 is 36.0. The summed E-state index contributed by atoms with van der Waals surface area (Å²) in [6, 6.07) is 8.58. The Morgan fingerprint density at radius 2 is 1.85 bits per heavy atom. The van der Waals surface area contributed by atoms with Crippen LogP contribution in [0.3, 0.4) is 0 Å². The van der Waals surface area contributed by atoms with Gasteiger partial charge in [0, 0.05) is 16.6 Å². The molecular formula is C24H22ClF2NO5. The number of carbonyl (C=O) groups is 2. The smallest absolute Gasteiger partial charge is 0.387 e. The van der Waals surface area contributed by atoms with Crippen LogP contribution in [0.4, 0.5) is 8.78 Å². The molecule has 0 saturated heterocycles. The maximum atomic E-state index is 13.5. The van der Waals surface area contributed by atoms with E-state index in [1.165, 1.54) is 35.9 Å². The van der Waals surface area contributed by atoms with Crippen molar-refractivity contribution in [3.8, 4) is 11.5 Å². The molecule has 1 heterocycles. The number of ether oxygens (including phenoxy) is 2. The van der Waals surface area contributed by atoms with Gasteiger partial charge >= 0.3 is 12.6 Å². The van der Waals surface area contributed by atoms with Crippen LogP contribution in [0.25, 0.3) is 10.9 Å². The Morgan fingerprint density at radius 3 is 2.36 bits per heavy atom. The molecule has 1 aliphatic carbocycles. The number of methoxy groups -OCH3 is 1. The molecule has 0 amide bonds. The molecule has 0 spiro atoms. The summed E-state index contributed by atoms with van der Waals surface area (Å²) in [7, 11) is 1.46. The largest absolute Gasteiger partial charge is 0.495 e. The average Bonchev–Trinajstić information content (AvgIpc) is 2.99. The molecule has 6 nitrogen and oxygen atoms in total. The van der Waals surface area contributed by atoms with Crippen LogP contribution in [0.5, 0.6) is 11.5 Å². The summed E-state index contributed by atoms with van der Waals surface area (Å²) >= 11 is 6.35. The second-order valence-electron chi connectivity index (χ2n) is 8.05. The van der Waals surface area contributed by atoms with Crippen molar-refractivity contribution in [1.82, 2.24) is 4.57 Å². The Morgan fingerprint density at radius 1 is 1.18 bits per heavy atom. The van der Waals surface area contributed by atoms with Crippen LogP contribution in [-0.4, -0.2) is 35.3 Å². The second kappa shape index (κ2) is 9.02. The van der Waals surface area contributed by atoms with Crippen LogP contribution in [0.1, 0.15) is 46.8 Å². The highest BCUT2D eigenvalue weighted by atomic mass is 35.5.